The molecule has 104 valence electrons. The SMILES string of the molecule is CCOc1cccc(CNC(=O)c2cccc(Cl)n2)c1. The van der Waals surface area contributed by atoms with Crippen molar-refractivity contribution in [2.75, 3.05) is 6.61 Å². The molecule has 4 nitrogen and oxygen atoms in total. The van der Waals surface area contributed by atoms with Gasteiger partial charge in [0, 0.05) is 6.54 Å². The van der Waals surface area contributed by atoms with Crippen molar-refractivity contribution >= 4 is 17.5 Å². The highest BCUT2D eigenvalue weighted by Gasteiger charge is 2.07. The molecule has 0 bridgehead atoms. The van der Waals surface area contributed by atoms with Crippen LogP contribution in [0.3, 0.4) is 0 Å². The molecule has 0 unspecified atom stereocenters. The van der Waals surface area contributed by atoms with E-state index in [1.54, 1.807) is 18.2 Å². The number of amides is 1. The van der Waals surface area contributed by atoms with Gasteiger partial charge < -0.3 is 10.1 Å². The second-order valence-corrected chi connectivity index (χ2v) is 4.50. The quantitative estimate of drug-likeness (QED) is 0.861. The van der Waals surface area contributed by atoms with Gasteiger partial charge in [0.1, 0.15) is 16.6 Å². The highest BCUT2D eigenvalue weighted by atomic mass is 35.5. The molecule has 0 atom stereocenters. The lowest BCUT2D eigenvalue weighted by molar-refractivity contribution is 0.0946. The van der Waals surface area contributed by atoms with Crippen molar-refractivity contribution in [1.82, 2.24) is 10.3 Å². The maximum atomic E-state index is 11.9. The summed E-state index contributed by atoms with van der Waals surface area (Å²) in [5.74, 6) is 0.537. The highest BCUT2D eigenvalue weighted by molar-refractivity contribution is 6.29. The van der Waals surface area contributed by atoms with Crippen LogP contribution in [-0.2, 0) is 6.54 Å². The number of carbonyl (C=O) groups excluding carboxylic acids is 1. The van der Waals surface area contributed by atoms with Gasteiger partial charge in [-0.3, -0.25) is 4.79 Å². The predicted octanol–water partition coefficient (Wildman–Crippen LogP) is 3.06. The Morgan fingerprint density at radius 3 is 2.85 bits per heavy atom. The smallest absolute Gasteiger partial charge is 0.270 e. The Bertz CT molecular complexity index is 602. The van der Waals surface area contributed by atoms with Crippen molar-refractivity contribution in [3.05, 3.63) is 58.9 Å². The van der Waals surface area contributed by atoms with E-state index in [0.717, 1.165) is 11.3 Å². The largest absolute Gasteiger partial charge is 0.494 e. The summed E-state index contributed by atoms with van der Waals surface area (Å²) in [5.41, 5.74) is 1.27. The van der Waals surface area contributed by atoms with E-state index in [1.165, 1.54) is 0 Å². The Morgan fingerprint density at radius 1 is 1.30 bits per heavy atom. The van der Waals surface area contributed by atoms with E-state index in [2.05, 4.69) is 10.3 Å². The molecule has 1 heterocycles. The zero-order valence-electron chi connectivity index (χ0n) is 11.1. The number of nitrogens with one attached hydrogen (secondary N) is 1. The van der Waals surface area contributed by atoms with Gasteiger partial charge in [-0.25, -0.2) is 4.98 Å². The molecule has 1 N–H and O–H groups in total. The van der Waals surface area contributed by atoms with Crippen LogP contribution < -0.4 is 10.1 Å². The molecule has 0 radical (unpaired) electrons. The van der Waals surface area contributed by atoms with Crippen LogP contribution in [0.5, 0.6) is 5.75 Å². The first kappa shape index (κ1) is 14.3. The van der Waals surface area contributed by atoms with E-state index in [4.69, 9.17) is 16.3 Å². The minimum absolute atomic E-state index is 0.255. The van der Waals surface area contributed by atoms with E-state index in [9.17, 15) is 4.79 Å². The number of ether oxygens (including phenoxy) is 1. The van der Waals surface area contributed by atoms with E-state index >= 15 is 0 Å². The fourth-order valence-electron chi connectivity index (χ4n) is 1.72. The number of rotatable bonds is 5. The maximum Gasteiger partial charge on any atom is 0.270 e. The zero-order chi connectivity index (χ0) is 14.4. The third-order valence-corrected chi connectivity index (χ3v) is 2.82. The molecule has 0 spiro atoms. The Kier molecular flexibility index (Phi) is 4.96. The lowest BCUT2D eigenvalue weighted by Gasteiger charge is -2.07. The van der Waals surface area contributed by atoms with Crippen LogP contribution in [0.25, 0.3) is 0 Å². The summed E-state index contributed by atoms with van der Waals surface area (Å²) in [4.78, 5) is 15.9. The van der Waals surface area contributed by atoms with Gasteiger partial charge in [0.15, 0.2) is 0 Å². The molecule has 0 aliphatic heterocycles. The standard InChI is InChI=1S/C15H15ClN2O2/c1-2-20-12-6-3-5-11(9-12)10-17-15(19)13-7-4-8-14(16)18-13/h3-9H,2,10H2,1H3,(H,17,19). The number of carbonyl (C=O) groups is 1. The summed E-state index contributed by atoms with van der Waals surface area (Å²) in [6.45, 7) is 2.95. The summed E-state index contributed by atoms with van der Waals surface area (Å²) in [6.07, 6.45) is 0. The van der Waals surface area contributed by atoms with Gasteiger partial charge in [0.25, 0.3) is 5.91 Å². The molecule has 2 rings (SSSR count). The lowest BCUT2D eigenvalue weighted by Crippen LogP contribution is -2.23. The van der Waals surface area contributed by atoms with Gasteiger partial charge in [-0.1, -0.05) is 29.8 Å². The Labute approximate surface area is 122 Å². The van der Waals surface area contributed by atoms with Crippen molar-refractivity contribution in [2.45, 2.75) is 13.5 Å². The monoisotopic (exact) mass is 290 g/mol. The summed E-state index contributed by atoms with van der Waals surface area (Å²) in [5, 5.41) is 3.10. The molecular weight excluding hydrogens is 276 g/mol. The molecule has 5 heteroatoms. The van der Waals surface area contributed by atoms with Crippen LogP contribution in [0.1, 0.15) is 23.0 Å². The maximum absolute atomic E-state index is 11.9. The molecule has 0 saturated heterocycles. The summed E-state index contributed by atoms with van der Waals surface area (Å²) in [6, 6.07) is 12.5. The molecule has 1 amide bonds. The Balaban J connectivity index is 1.98. The molecule has 0 fully saturated rings. The van der Waals surface area contributed by atoms with Crippen LogP contribution in [-0.4, -0.2) is 17.5 Å². The lowest BCUT2D eigenvalue weighted by atomic mass is 10.2. The molecular formula is C15H15ClN2O2. The number of hydrogen-bond donors (Lipinski definition) is 1. The van der Waals surface area contributed by atoms with Gasteiger partial charge in [-0.15, -0.1) is 0 Å². The van der Waals surface area contributed by atoms with Gasteiger partial charge in [0.05, 0.1) is 6.61 Å². The average Bonchev–Trinajstić information content (AvgIpc) is 2.45. The minimum Gasteiger partial charge on any atom is -0.494 e. The van der Waals surface area contributed by atoms with Gasteiger partial charge in [0.2, 0.25) is 0 Å². The number of benzene rings is 1. The minimum atomic E-state index is -0.255. The van der Waals surface area contributed by atoms with Gasteiger partial charge in [-0.2, -0.15) is 0 Å². The number of halogens is 1. The van der Waals surface area contributed by atoms with Crippen LogP contribution in [0.4, 0.5) is 0 Å². The third kappa shape index (κ3) is 3.96. The molecule has 0 aliphatic carbocycles. The highest BCUT2D eigenvalue weighted by Crippen LogP contribution is 2.13. The van der Waals surface area contributed by atoms with E-state index in [-0.39, 0.29) is 5.91 Å². The van der Waals surface area contributed by atoms with Gasteiger partial charge >= 0.3 is 0 Å². The second kappa shape index (κ2) is 6.91. The number of nitrogens with zero attached hydrogens (tertiary/aromatic N) is 1. The average molecular weight is 291 g/mol. The number of aromatic nitrogens is 1. The number of pyridine rings is 1. The van der Waals surface area contributed by atoms with Crippen molar-refractivity contribution in [2.24, 2.45) is 0 Å². The van der Waals surface area contributed by atoms with Crippen molar-refractivity contribution < 1.29 is 9.53 Å². The first-order valence-corrected chi connectivity index (χ1v) is 6.69. The van der Waals surface area contributed by atoms with E-state index < -0.39 is 0 Å². The van der Waals surface area contributed by atoms with E-state index in [1.807, 2.05) is 31.2 Å². The first-order valence-electron chi connectivity index (χ1n) is 6.31. The van der Waals surface area contributed by atoms with Gasteiger partial charge in [-0.05, 0) is 36.8 Å². The fourth-order valence-corrected chi connectivity index (χ4v) is 1.88. The van der Waals surface area contributed by atoms with Crippen LogP contribution in [0.2, 0.25) is 5.15 Å². The van der Waals surface area contributed by atoms with Crippen LogP contribution in [0.15, 0.2) is 42.5 Å². The molecule has 0 saturated carbocycles. The summed E-state index contributed by atoms with van der Waals surface area (Å²) < 4.78 is 5.41. The fraction of sp³-hybridized carbons (Fsp3) is 0.200. The zero-order valence-corrected chi connectivity index (χ0v) is 11.9. The molecule has 2 aromatic rings. The third-order valence-electron chi connectivity index (χ3n) is 2.61. The van der Waals surface area contributed by atoms with Crippen LogP contribution in [0, 0.1) is 0 Å². The summed E-state index contributed by atoms with van der Waals surface area (Å²) >= 11 is 5.75. The number of hydrogen-bond acceptors (Lipinski definition) is 3. The second-order valence-electron chi connectivity index (χ2n) is 4.11. The topological polar surface area (TPSA) is 51.2 Å². The predicted molar refractivity (Wildman–Crippen MR) is 78.0 cm³/mol. The van der Waals surface area contributed by atoms with Crippen molar-refractivity contribution in [1.29, 1.82) is 0 Å². The van der Waals surface area contributed by atoms with Crippen molar-refractivity contribution in [3.63, 3.8) is 0 Å². The molecule has 0 aliphatic rings. The molecule has 1 aromatic heterocycles. The molecule has 20 heavy (non-hydrogen) atoms. The normalized spacial score (nSPS) is 10.1. The Hall–Kier alpha value is -2.07. The van der Waals surface area contributed by atoms with Crippen molar-refractivity contribution in [3.8, 4) is 5.75 Å². The van der Waals surface area contributed by atoms with Crippen LogP contribution >= 0.6 is 11.6 Å². The Morgan fingerprint density at radius 2 is 2.10 bits per heavy atom. The molecule has 1 aromatic carbocycles. The van der Waals surface area contributed by atoms with E-state index in [0.29, 0.717) is 24.0 Å². The first-order chi connectivity index (χ1) is 9.69. The summed E-state index contributed by atoms with van der Waals surface area (Å²) in [7, 11) is 0.